The molecule has 2 aromatic carbocycles. The van der Waals surface area contributed by atoms with E-state index in [9.17, 15) is 19.5 Å². The summed E-state index contributed by atoms with van der Waals surface area (Å²) in [4.78, 5) is 39.6. The smallest absolute Gasteiger partial charge is 0.329 e. The Morgan fingerprint density at radius 3 is 2.58 bits per heavy atom. The lowest BCUT2D eigenvalue weighted by molar-refractivity contribution is -0.150. The number of benzene rings is 2. The second-order valence-electron chi connectivity index (χ2n) is 7.99. The van der Waals surface area contributed by atoms with Crippen LogP contribution in [0.4, 0.5) is 0 Å². The lowest BCUT2D eigenvalue weighted by Crippen LogP contribution is -2.46. The molecule has 0 aliphatic carbocycles. The Balaban J connectivity index is 1.62. The summed E-state index contributed by atoms with van der Waals surface area (Å²) in [6.07, 6.45) is 1.75. The van der Waals surface area contributed by atoms with Crippen LogP contribution < -0.4 is 0 Å². The Labute approximate surface area is 222 Å². The van der Waals surface area contributed by atoms with Gasteiger partial charge in [-0.1, -0.05) is 78.0 Å². The van der Waals surface area contributed by atoms with Crippen molar-refractivity contribution in [1.82, 2.24) is 9.91 Å². The van der Waals surface area contributed by atoms with Gasteiger partial charge in [0.2, 0.25) is 0 Å². The molecular weight excluding hydrogens is 522 g/mol. The summed E-state index contributed by atoms with van der Waals surface area (Å²) in [6.45, 7) is 1.85. The number of esters is 1. The molecular formula is C25H22ClN3O5S2. The molecule has 2 atom stereocenters. The Kier molecular flexibility index (Phi) is 8.07. The molecule has 11 heteroatoms. The maximum Gasteiger partial charge on any atom is 0.329 e. The van der Waals surface area contributed by atoms with Crippen molar-refractivity contribution in [2.45, 2.75) is 31.8 Å². The molecule has 1 amide bonds. The molecule has 8 nitrogen and oxygen atoms in total. The van der Waals surface area contributed by atoms with E-state index in [4.69, 9.17) is 28.6 Å². The summed E-state index contributed by atoms with van der Waals surface area (Å²) in [5, 5.41) is 16.0. The van der Waals surface area contributed by atoms with Crippen molar-refractivity contribution < 1.29 is 24.2 Å². The van der Waals surface area contributed by atoms with Gasteiger partial charge in [0.15, 0.2) is 6.04 Å². The molecule has 0 saturated carbocycles. The number of thiocarbonyl (C=S) groups is 1. The Hall–Kier alpha value is -3.21. The summed E-state index contributed by atoms with van der Waals surface area (Å²) in [5.41, 5.74) is 2.13. The van der Waals surface area contributed by atoms with E-state index in [1.54, 1.807) is 31.2 Å². The van der Waals surface area contributed by atoms with E-state index in [-0.39, 0.29) is 28.7 Å². The summed E-state index contributed by atoms with van der Waals surface area (Å²) in [5.74, 6) is -2.15. The van der Waals surface area contributed by atoms with Gasteiger partial charge < -0.3 is 9.84 Å². The van der Waals surface area contributed by atoms with Crippen LogP contribution >= 0.6 is 35.6 Å². The van der Waals surface area contributed by atoms with E-state index in [1.807, 2.05) is 30.3 Å². The molecule has 0 bridgehead atoms. The van der Waals surface area contributed by atoms with Gasteiger partial charge in [-0.2, -0.15) is 5.10 Å². The number of thioether (sulfide) groups is 1. The van der Waals surface area contributed by atoms with Gasteiger partial charge in [0, 0.05) is 24.1 Å². The largest absolute Gasteiger partial charge is 0.480 e. The minimum Gasteiger partial charge on any atom is -0.480 e. The number of amides is 1. The van der Waals surface area contributed by atoms with Gasteiger partial charge in [-0.3, -0.25) is 14.7 Å². The summed E-state index contributed by atoms with van der Waals surface area (Å²) >= 11 is 12.4. The van der Waals surface area contributed by atoms with Crippen LogP contribution in [0.1, 0.15) is 24.5 Å². The maximum atomic E-state index is 13.4. The first kappa shape index (κ1) is 25.9. The fourth-order valence-corrected chi connectivity index (χ4v) is 5.33. The predicted octanol–water partition coefficient (Wildman–Crippen LogP) is 4.08. The molecule has 0 aromatic heterocycles. The fraction of sp³-hybridized carbons (Fsp3) is 0.240. The van der Waals surface area contributed by atoms with Crippen LogP contribution in [0.25, 0.3) is 0 Å². The third-order valence-electron chi connectivity index (χ3n) is 5.62. The van der Waals surface area contributed by atoms with Crippen molar-refractivity contribution in [1.29, 1.82) is 0 Å². The average Bonchev–Trinajstić information content (AvgIpc) is 3.40. The van der Waals surface area contributed by atoms with E-state index in [1.165, 1.54) is 16.1 Å². The Morgan fingerprint density at radius 2 is 1.94 bits per heavy atom. The lowest BCUT2D eigenvalue weighted by atomic mass is 10.0. The van der Waals surface area contributed by atoms with Crippen LogP contribution in [-0.2, 0) is 25.5 Å². The predicted molar refractivity (Wildman–Crippen MR) is 142 cm³/mol. The standard InChI is InChI=1S/C25H22ClN3O5S2/c1-2-34-24(33)20(12-15-6-4-3-5-7-15)29-22(30)21(36-25(29)35)14-28-19(23(31)32)13-18(27-28)16-8-10-17(26)11-9-16/h3-11,14,19-20H,2,12-13H2,1H3,(H,31,32)/b21-14-/t19-,20+/m0/s1. The molecule has 2 aliphatic heterocycles. The molecule has 0 spiro atoms. The quantitative estimate of drug-likeness (QED) is 0.302. The number of ether oxygens (including phenoxy) is 1. The lowest BCUT2D eigenvalue weighted by Gasteiger charge is -2.25. The van der Waals surface area contributed by atoms with E-state index in [0.29, 0.717) is 10.7 Å². The number of carbonyl (C=O) groups excluding carboxylic acids is 2. The van der Waals surface area contributed by atoms with E-state index in [0.717, 1.165) is 22.9 Å². The third-order valence-corrected chi connectivity index (χ3v) is 7.19. The highest BCUT2D eigenvalue weighted by Crippen LogP contribution is 2.35. The number of halogens is 1. The van der Waals surface area contributed by atoms with E-state index in [2.05, 4.69) is 5.10 Å². The molecule has 2 heterocycles. The van der Waals surface area contributed by atoms with Crippen molar-refractivity contribution in [3.63, 3.8) is 0 Å². The first-order valence-corrected chi connectivity index (χ1v) is 12.7. The number of nitrogens with zero attached hydrogens (tertiary/aromatic N) is 3. The van der Waals surface area contributed by atoms with Gasteiger partial charge in [0.05, 0.1) is 17.2 Å². The minimum absolute atomic E-state index is 0.146. The first-order valence-electron chi connectivity index (χ1n) is 11.1. The number of hydrazone groups is 1. The summed E-state index contributed by atoms with van der Waals surface area (Å²) in [7, 11) is 0. The van der Waals surface area contributed by atoms with Gasteiger partial charge in [0.25, 0.3) is 5.91 Å². The van der Waals surface area contributed by atoms with Crippen LogP contribution in [0, 0.1) is 0 Å². The monoisotopic (exact) mass is 543 g/mol. The summed E-state index contributed by atoms with van der Waals surface area (Å²) in [6, 6.07) is 14.2. The summed E-state index contributed by atoms with van der Waals surface area (Å²) < 4.78 is 5.42. The second kappa shape index (κ2) is 11.2. The molecule has 0 radical (unpaired) electrons. The van der Waals surface area contributed by atoms with Gasteiger partial charge >= 0.3 is 11.9 Å². The molecule has 1 fully saturated rings. The van der Waals surface area contributed by atoms with Gasteiger partial charge in [0.1, 0.15) is 10.4 Å². The zero-order valence-electron chi connectivity index (χ0n) is 19.2. The fourth-order valence-electron chi connectivity index (χ4n) is 3.88. The Morgan fingerprint density at radius 1 is 1.25 bits per heavy atom. The van der Waals surface area contributed by atoms with Gasteiger partial charge in [-0.15, -0.1) is 0 Å². The molecule has 36 heavy (non-hydrogen) atoms. The molecule has 4 rings (SSSR count). The van der Waals surface area contributed by atoms with E-state index < -0.39 is 29.9 Å². The number of aliphatic carboxylic acids is 1. The normalized spacial score (nSPS) is 19.6. The molecule has 1 N–H and O–H groups in total. The van der Waals surface area contributed by atoms with Crippen LogP contribution in [0.5, 0.6) is 0 Å². The average molecular weight is 544 g/mol. The zero-order valence-corrected chi connectivity index (χ0v) is 21.6. The number of hydrogen-bond acceptors (Lipinski definition) is 8. The number of hydrogen-bond donors (Lipinski definition) is 1. The second-order valence-corrected chi connectivity index (χ2v) is 10.1. The SMILES string of the molecule is CCOC(=O)[C@@H](Cc1ccccc1)N1C(=O)/C(=C/N2N=C(c3ccc(Cl)cc3)C[C@H]2C(=O)O)SC1=S. The van der Waals surface area contributed by atoms with Crippen molar-refractivity contribution in [2.24, 2.45) is 5.10 Å². The zero-order chi connectivity index (χ0) is 25.8. The van der Waals surface area contributed by atoms with Crippen molar-refractivity contribution in [3.05, 3.63) is 81.9 Å². The van der Waals surface area contributed by atoms with Crippen LogP contribution in [0.3, 0.4) is 0 Å². The van der Waals surface area contributed by atoms with Crippen molar-refractivity contribution >= 4 is 63.5 Å². The van der Waals surface area contributed by atoms with Gasteiger partial charge in [-0.05, 0) is 30.2 Å². The minimum atomic E-state index is -1.08. The number of rotatable bonds is 8. The van der Waals surface area contributed by atoms with Crippen molar-refractivity contribution in [3.8, 4) is 0 Å². The first-order chi connectivity index (χ1) is 17.3. The number of carbonyl (C=O) groups is 3. The molecule has 1 saturated heterocycles. The molecule has 2 aliphatic rings. The number of carboxylic acid groups (broad SMARTS) is 1. The third kappa shape index (κ3) is 5.61. The molecule has 2 aromatic rings. The molecule has 186 valence electrons. The van der Waals surface area contributed by atoms with Crippen LogP contribution in [0.15, 0.2) is 70.8 Å². The molecule has 0 unspecified atom stereocenters. The number of carboxylic acids is 1. The maximum absolute atomic E-state index is 13.4. The van der Waals surface area contributed by atoms with Crippen molar-refractivity contribution in [2.75, 3.05) is 6.61 Å². The highest BCUT2D eigenvalue weighted by atomic mass is 35.5. The van der Waals surface area contributed by atoms with Crippen LogP contribution in [-0.4, -0.2) is 61.6 Å². The van der Waals surface area contributed by atoms with Gasteiger partial charge in [-0.25, -0.2) is 9.59 Å². The Bertz CT molecular complexity index is 1250. The highest BCUT2D eigenvalue weighted by Gasteiger charge is 2.42. The highest BCUT2D eigenvalue weighted by molar-refractivity contribution is 8.26. The topological polar surface area (TPSA) is 99.5 Å². The van der Waals surface area contributed by atoms with Crippen LogP contribution in [0.2, 0.25) is 5.02 Å². The van der Waals surface area contributed by atoms with E-state index >= 15 is 0 Å².